The predicted molar refractivity (Wildman–Crippen MR) is 110 cm³/mol. The molecule has 1 atom stereocenters. The highest BCUT2D eigenvalue weighted by Gasteiger charge is 2.28. The molecule has 6 heteroatoms. The molecule has 0 spiro atoms. The van der Waals surface area contributed by atoms with Crippen molar-refractivity contribution in [1.82, 2.24) is 10.3 Å². The second-order valence-electron chi connectivity index (χ2n) is 6.74. The van der Waals surface area contributed by atoms with Gasteiger partial charge in [0.25, 0.3) is 6.01 Å². The minimum Gasteiger partial charge on any atom is -0.423 e. The third-order valence-corrected chi connectivity index (χ3v) is 5.79. The van der Waals surface area contributed by atoms with Gasteiger partial charge in [-0.25, -0.2) is 0 Å². The Morgan fingerprint density at radius 3 is 2.85 bits per heavy atom. The van der Waals surface area contributed by atoms with Crippen LogP contribution >= 0.6 is 11.8 Å². The number of carbonyl (C=O) groups is 1. The molecule has 1 aliphatic rings. The third kappa shape index (κ3) is 4.45. The van der Waals surface area contributed by atoms with Crippen LogP contribution in [-0.2, 0) is 10.5 Å². The molecule has 1 amide bonds. The first-order valence-corrected chi connectivity index (χ1v) is 10.5. The lowest BCUT2D eigenvalue weighted by Gasteiger charge is -2.23. The molecule has 1 fully saturated rings. The average Bonchev–Trinajstić information content (AvgIpc) is 3.33. The molecule has 4 rings (SSSR count). The van der Waals surface area contributed by atoms with E-state index in [9.17, 15) is 4.79 Å². The zero-order valence-corrected chi connectivity index (χ0v) is 16.0. The van der Waals surface area contributed by atoms with E-state index in [-0.39, 0.29) is 11.9 Å². The van der Waals surface area contributed by atoms with Gasteiger partial charge < -0.3 is 14.6 Å². The molecule has 0 radical (unpaired) electrons. The smallest absolute Gasteiger partial charge is 0.298 e. The van der Waals surface area contributed by atoms with Crippen molar-refractivity contribution >= 4 is 34.8 Å². The third-order valence-electron chi connectivity index (χ3n) is 4.78. The van der Waals surface area contributed by atoms with E-state index >= 15 is 0 Å². The Morgan fingerprint density at radius 1 is 1.19 bits per heavy atom. The minimum absolute atomic E-state index is 0.0837. The van der Waals surface area contributed by atoms with Gasteiger partial charge in [0.2, 0.25) is 5.91 Å². The van der Waals surface area contributed by atoms with Crippen molar-refractivity contribution in [2.24, 2.45) is 0 Å². The Hall–Kier alpha value is -2.47. The number of hydrogen-bond donors (Lipinski definition) is 1. The highest BCUT2D eigenvalue weighted by molar-refractivity contribution is 7.99. The van der Waals surface area contributed by atoms with Crippen LogP contribution in [0, 0.1) is 0 Å². The second-order valence-corrected chi connectivity index (χ2v) is 7.72. The largest absolute Gasteiger partial charge is 0.423 e. The summed E-state index contributed by atoms with van der Waals surface area (Å²) in [5.41, 5.74) is 2.92. The van der Waals surface area contributed by atoms with Gasteiger partial charge in [-0.3, -0.25) is 4.79 Å². The molecule has 2 heterocycles. The summed E-state index contributed by atoms with van der Waals surface area (Å²) in [6.45, 7) is 1.54. The van der Waals surface area contributed by atoms with E-state index in [1.54, 1.807) is 11.8 Å². The zero-order chi connectivity index (χ0) is 18.5. The fraction of sp³-hybridized carbons (Fsp3) is 0.333. The van der Waals surface area contributed by atoms with Crippen LogP contribution in [0.4, 0.5) is 6.01 Å². The summed E-state index contributed by atoms with van der Waals surface area (Å²) >= 11 is 1.64. The fourth-order valence-electron chi connectivity index (χ4n) is 3.40. The number of aromatic nitrogens is 1. The Bertz CT molecular complexity index is 864. The molecule has 1 unspecified atom stereocenters. The minimum atomic E-state index is 0.0837. The second kappa shape index (κ2) is 8.48. The summed E-state index contributed by atoms with van der Waals surface area (Å²) in [7, 11) is 0. The van der Waals surface area contributed by atoms with E-state index in [0.717, 1.165) is 36.2 Å². The van der Waals surface area contributed by atoms with Crippen LogP contribution in [0.1, 0.15) is 18.4 Å². The Morgan fingerprint density at radius 2 is 2.00 bits per heavy atom. The monoisotopic (exact) mass is 381 g/mol. The van der Waals surface area contributed by atoms with Gasteiger partial charge in [0.1, 0.15) is 5.52 Å². The van der Waals surface area contributed by atoms with Crippen LogP contribution in [0.15, 0.2) is 59.0 Å². The number of anilines is 1. The number of para-hydroxylation sites is 2. The summed E-state index contributed by atoms with van der Waals surface area (Å²) in [6, 6.07) is 18.9. The molecule has 1 N–H and O–H groups in total. The topological polar surface area (TPSA) is 58.4 Å². The van der Waals surface area contributed by atoms with Gasteiger partial charge in [-0.05, 0) is 30.5 Å². The van der Waals surface area contributed by atoms with Crippen LogP contribution in [-0.4, -0.2) is 35.8 Å². The molecule has 2 aromatic carbocycles. The SMILES string of the molecule is O=C(CSCc1ccccc1)NCC1CCCN1c1nc2ccccc2o1. The number of carbonyl (C=O) groups excluding carboxylic acids is 1. The van der Waals surface area contributed by atoms with Crippen LogP contribution < -0.4 is 10.2 Å². The summed E-state index contributed by atoms with van der Waals surface area (Å²) in [6.07, 6.45) is 2.12. The maximum Gasteiger partial charge on any atom is 0.298 e. The zero-order valence-electron chi connectivity index (χ0n) is 15.1. The van der Waals surface area contributed by atoms with Crippen LogP contribution in [0.25, 0.3) is 11.1 Å². The van der Waals surface area contributed by atoms with E-state index in [4.69, 9.17) is 4.42 Å². The van der Waals surface area contributed by atoms with Gasteiger partial charge in [-0.1, -0.05) is 42.5 Å². The van der Waals surface area contributed by atoms with E-state index < -0.39 is 0 Å². The molecular formula is C21H23N3O2S. The quantitative estimate of drug-likeness (QED) is 0.674. The maximum absolute atomic E-state index is 12.2. The van der Waals surface area contributed by atoms with Gasteiger partial charge in [-0.2, -0.15) is 4.98 Å². The molecule has 3 aromatic rings. The number of nitrogens with zero attached hydrogens (tertiary/aromatic N) is 2. The van der Waals surface area contributed by atoms with Crippen LogP contribution in [0.3, 0.4) is 0 Å². The van der Waals surface area contributed by atoms with E-state index in [1.807, 2.05) is 42.5 Å². The number of thioether (sulfide) groups is 1. The van der Waals surface area contributed by atoms with Crippen molar-refractivity contribution in [3.8, 4) is 0 Å². The molecule has 0 aliphatic carbocycles. The van der Waals surface area contributed by atoms with Gasteiger partial charge >= 0.3 is 0 Å². The molecule has 1 aliphatic heterocycles. The molecule has 1 aromatic heterocycles. The van der Waals surface area contributed by atoms with Gasteiger partial charge in [0.05, 0.1) is 11.8 Å². The highest BCUT2D eigenvalue weighted by atomic mass is 32.2. The summed E-state index contributed by atoms with van der Waals surface area (Å²) < 4.78 is 5.90. The lowest BCUT2D eigenvalue weighted by molar-refractivity contribution is -0.118. The first kappa shape index (κ1) is 17.9. The van der Waals surface area contributed by atoms with Crippen molar-refractivity contribution in [3.63, 3.8) is 0 Å². The Balaban J connectivity index is 1.27. The van der Waals surface area contributed by atoms with Crippen molar-refractivity contribution < 1.29 is 9.21 Å². The number of rotatable bonds is 7. The Labute approximate surface area is 163 Å². The predicted octanol–water partition coefficient (Wildman–Crippen LogP) is 3.85. The van der Waals surface area contributed by atoms with Crippen molar-refractivity contribution in [2.45, 2.75) is 24.6 Å². The lowest BCUT2D eigenvalue weighted by Crippen LogP contribution is -2.41. The van der Waals surface area contributed by atoms with Crippen molar-refractivity contribution in [2.75, 3.05) is 23.7 Å². The van der Waals surface area contributed by atoms with Crippen LogP contribution in [0.5, 0.6) is 0 Å². The molecule has 0 saturated carbocycles. The first-order chi connectivity index (χ1) is 13.3. The molecule has 140 valence electrons. The molecule has 27 heavy (non-hydrogen) atoms. The summed E-state index contributed by atoms with van der Waals surface area (Å²) in [5, 5.41) is 3.07. The van der Waals surface area contributed by atoms with E-state index in [0.29, 0.717) is 18.3 Å². The van der Waals surface area contributed by atoms with Crippen LogP contribution in [0.2, 0.25) is 0 Å². The molecular weight excluding hydrogens is 358 g/mol. The maximum atomic E-state index is 12.2. The summed E-state index contributed by atoms with van der Waals surface area (Å²) in [4.78, 5) is 19.0. The standard InChI is InChI=1S/C21H23N3O2S/c25-20(15-27-14-16-7-2-1-3-8-16)22-13-17-9-6-12-24(17)21-23-18-10-4-5-11-19(18)26-21/h1-5,7-8,10-11,17H,6,9,12-15H2,(H,22,25). The average molecular weight is 382 g/mol. The van der Waals surface area contributed by atoms with Crippen molar-refractivity contribution in [3.05, 3.63) is 60.2 Å². The lowest BCUT2D eigenvalue weighted by atomic mass is 10.2. The fourth-order valence-corrected chi connectivity index (χ4v) is 4.22. The number of oxazole rings is 1. The highest BCUT2D eigenvalue weighted by Crippen LogP contribution is 2.28. The normalized spacial score (nSPS) is 16.7. The Kier molecular flexibility index (Phi) is 5.63. The molecule has 0 bridgehead atoms. The van der Waals surface area contributed by atoms with Gasteiger partial charge in [0, 0.05) is 18.8 Å². The van der Waals surface area contributed by atoms with Gasteiger partial charge in [-0.15, -0.1) is 11.8 Å². The number of fused-ring (bicyclic) bond motifs is 1. The first-order valence-electron chi connectivity index (χ1n) is 9.30. The molecule has 1 saturated heterocycles. The number of benzene rings is 2. The van der Waals surface area contributed by atoms with E-state index in [1.165, 1.54) is 5.56 Å². The number of amides is 1. The number of nitrogens with one attached hydrogen (secondary N) is 1. The van der Waals surface area contributed by atoms with Gasteiger partial charge in [0.15, 0.2) is 5.58 Å². The summed E-state index contributed by atoms with van der Waals surface area (Å²) in [5.74, 6) is 1.41. The van der Waals surface area contributed by atoms with E-state index in [2.05, 4.69) is 27.3 Å². The van der Waals surface area contributed by atoms with Crippen molar-refractivity contribution in [1.29, 1.82) is 0 Å². The molecule has 5 nitrogen and oxygen atoms in total. The number of hydrogen-bond acceptors (Lipinski definition) is 5.